The Kier molecular flexibility index (Phi) is 7.84. The minimum atomic E-state index is -0.422. The number of aromatic nitrogens is 2. The van der Waals surface area contributed by atoms with Gasteiger partial charge in [-0.2, -0.15) is 0 Å². The molecule has 2 aromatic rings. The summed E-state index contributed by atoms with van der Waals surface area (Å²) in [6, 6.07) is 2.84. The van der Waals surface area contributed by atoms with Gasteiger partial charge in [-0.05, 0) is 25.1 Å². The minimum absolute atomic E-state index is 0. The first-order chi connectivity index (χ1) is 10.2. The molecule has 23 heavy (non-hydrogen) atoms. The predicted molar refractivity (Wildman–Crippen MR) is 92.2 cm³/mol. The highest BCUT2D eigenvalue weighted by Gasteiger charge is 2.21. The van der Waals surface area contributed by atoms with E-state index in [1.165, 1.54) is 29.7 Å². The number of nitrogens with zero attached hydrogens (tertiary/aromatic N) is 2. The Morgan fingerprint density at radius 3 is 3.00 bits per heavy atom. The number of carbonyl (C=O) groups excluding carboxylic acids is 1. The average Bonchev–Trinajstić information content (AvgIpc) is 3.16. The molecule has 0 aliphatic carbocycles. The number of rotatable bonds is 4. The van der Waals surface area contributed by atoms with Crippen molar-refractivity contribution in [3.05, 3.63) is 45.9 Å². The van der Waals surface area contributed by atoms with E-state index in [4.69, 9.17) is 0 Å². The summed E-state index contributed by atoms with van der Waals surface area (Å²) in [6.45, 7) is 1.96. The fourth-order valence-corrected chi connectivity index (χ4v) is 3.18. The third kappa shape index (κ3) is 4.84. The zero-order chi connectivity index (χ0) is 14.7. The smallest absolute Gasteiger partial charge is 0.271 e. The Bertz CT molecular complexity index is 649. The topological polar surface area (TPSA) is 66.9 Å². The van der Waals surface area contributed by atoms with Gasteiger partial charge in [0.2, 0.25) is 0 Å². The van der Waals surface area contributed by atoms with E-state index in [0.717, 1.165) is 24.5 Å². The van der Waals surface area contributed by atoms with Crippen LogP contribution in [0, 0.1) is 5.82 Å². The van der Waals surface area contributed by atoms with Crippen molar-refractivity contribution in [2.45, 2.75) is 18.9 Å². The molecule has 0 radical (unpaired) electrons. The number of thiazole rings is 1. The van der Waals surface area contributed by atoms with E-state index in [2.05, 4.69) is 20.6 Å². The first kappa shape index (κ1) is 19.8. The van der Waals surface area contributed by atoms with Crippen molar-refractivity contribution in [2.24, 2.45) is 0 Å². The number of nitrogens with one attached hydrogen (secondary N) is 2. The highest BCUT2D eigenvalue weighted by Crippen LogP contribution is 2.25. The van der Waals surface area contributed by atoms with Crippen LogP contribution in [0.2, 0.25) is 0 Å². The molecule has 0 saturated carbocycles. The first-order valence-electron chi connectivity index (χ1n) is 6.78. The number of hydrogen-bond donors (Lipinski definition) is 2. The SMILES string of the molecule is Cl.Cl.O=C(NCc1ncccc1F)c1csc(C2CCNC2)n1. The van der Waals surface area contributed by atoms with Gasteiger partial charge in [0.15, 0.2) is 0 Å². The summed E-state index contributed by atoms with van der Waals surface area (Å²) in [6.07, 6.45) is 2.55. The summed E-state index contributed by atoms with van der Waals surface area (Å²) < 4.78 is 13.4. The van der Waals surface area contributed by atoms with Crippen molar-refractivity contribution in [3.63, 3.8) is 0 Å². The molecule has 2 N–H and O–H groups in total. The molecule has 3 rings (SSSR count). The molecule has 1 aliphatic heterocycles. The Labute approximate surface area is 149 Å². The van der Waals surface area contributed by atoms with Gasteiger partial charge >= 0.3 is 0 Å². The predicted octanol–water partition coefficient (Wildman–Crippen LogP) is 2.53. The van der Waals surface area contributed by atoms with E-state index in [1.54, 1.807) is 5.38 Å². The highest BCUT2D eigenvalue weighted by molar-refractivity contribution is 7.09. The summed E-state index contributed by atoms with van der Waals surface area (Å²) in [5.74, 6) is -0.327. The number of carbonyl (C=O) groups is 1. The van der Waals surface area contributed by atoms with Crippen molar-refractivity contribution < 1.29 is 9.18 Å². The van der Waals surface area contributed by atoms with Crippen molar-refractivity contribution in [1.29, 1.82) is 0 Å². The maximum Gasteiger partial charge on any atom is 0.271 e. The van der Waals surface area contributed by atoms with E-state index in [0.29, 0.717) is 11.6 Å². The summed E-state index contributed by atoms with van der Waals surface area (Å²) >= 11 is 1.50. The van der Waals surface area contributed by atoms with Gasteiger partial charge in [-0.1, -0.05) is 0 Å². The van der Waals surface area contributed by atoms with E-state index in [9.17, 15) is 9.18 Å². The zero-order valence-corrected chi connectivity index (χ0v) is 14.6. The van der Waals surface area contributed by atoms with E-state index < -0.39 is 5.82 Å². The molecule has 1 unspecified atom stereocenters. The lowest BCUT2D eigenvalue weighted by Crippen LogP contribution is -2.24. The lowest BCUT2D eigenvalue weighted by molar-refractivity contribution is 0.0945. The molecule has 1 amide bonds. The van der Waals surface area contributed by atoms with E-state index >= 15 is 0 Å². The molecule has 5 nitrogen and oxygen atoms in total. The molecule has 9 heteroatoms. The van der Waals surface area contributed by atoms with Gasteiger partial charge in [0.05, 0.1) is 17.2 Å². The van der Waals surface area contributed by atoms with Crippen LogP contribution in [0.1, 0.15) is 33.5 Å². The minimum Gasteiger partial charge on any atom is -0.345 e. The molecule has 0 bridgehead atoms. The second-order valence-corrected chi connectivity index (χ2v) is 5.76. The number of hydrogen-bond acceptors (Lipinski definition) is 5. The molecule has 0 aromatic carbocycles. The van der Waals surface area contributed by atoms with Crippen molar-refractivity contribution in [2.75, 3.05) is 13.1 Å². The van der Waals surface area contributed by atoms with Crippen LogP contribution >= 0.6 is 36.2 Å². The Morgan fingerprint density at radius 1 is 1.48 bits per heavy atom. The fraction of sp³-hybridized carbons (Fsp3) is 0.357. The van der Waals surface area contributed by atoms with Crippen LogP contribution in [-0.2, 0) is 6.54 Å². The molecular weight excluding hydrogens is 362 g/mol. The van der Waals surface area contributed by atoms with Gasteiger partial charge in [-0.25, -0.2) is 9.37 Å². The van der Waals surface area contributed by atoms with Crippen molar-refractivity contribution in [3.8, 4) is 0 Å². The Hall–Kier alpha value is -1.28. The van der Waals surface area contributed by atoms with Crippen LogP contribution in [0.5, 0.6) is 0 Å². The largest absolute Gasteiger partial charge is 0.345 e. The van der Waals surface area contributed by atoms with Crippen LogP contribution < -0.4 is 10.6 Å². The van der Waals surface area contributed by atoms with Crippen LogP contribution in [-0.4, -0.2) is 29.0 Å². The number of amides is 1. The molecule has 1 atom stereocenters. The first-order valence-corrected chi connectivity index (χ1v) is 7.66. The van der Waals surface area contributed by atoms with Crippen LogP contribution in [0.3, 0.4) is 0 Å². The third-order valence-corrected chi connectivity index (χ3v) is 4.42. The van der Waals surface area contributed by atoms with Crippen molar-refractivity contribution in [1.82, 2.24) is 20.6 Å². The molecule has 1 saturated heterocycles. The van der Waals surface area contributed by atoms with Gasteiger partial charge in [-0.15, -0.1) is 36.2 Å². The quantitative estimate of drug-likeness (QED) is 0.857. The van der Waals surface area contributed by atoms with E-state index in [1.807, 2.05) is 0 Å². The van der Waals surface area contributed by atoms with E-state index in [-0.39, 0.29) is 43.0 Å². The monoisotopic (exact) mass is 378 g/mol. The fourth-order valence-electron chi connectivity index (χ4n) is 2.25. The molecule has 1 fully saturated rings. The summed E-state index contributed by atoms with van der Waals surface area (Å²) in [5, 5.41) is 8.65. The molecule has 126 valence electrons. The lowest BCUT2D eigenvalue weighted by Gasteiger charge is -2.04. The van der Waals surface area contributed by atoms with Crippen LogP contribution in [0.15, 0.2) is 23.7 Å². The molecule has 1 aliphatic rings. The molecular formula is C14H17Cl2FN4OS. The van der Waals surface area contributed by atoms with Gasteiger partial charge < -0.3 is 10.6 Å². The lowest BCUT2D eigenvalue weighted by atomic mass is 10.1. The van der Waals surface area contributed by atoms with Crippen LogP contribution in [0.25, 0.3) is 0 Å². The van der Waals surface area contributed by atoms with Gasteiger partial charge in [0.25, 0.3) is 5.91 Å². The second-order valence-electron chi connectivity index (χ2n) is 4.88. The third-order valence-electron chi connectivity index (χ3n) is 3.42. The van der Waals surface area contributed by atoms with Gasteiger partial charge in [-0.3, -0.25) is 9.78 Å². The zero-order valence-electron chi connectivity index (χ0n) is 12.1. The number of pyridine rings is 1. The summed E-state index contributed by atoms with van der Waals surface area (Å²) in [7, 11) is 0. The van der Waals surface area contributed by atoms with Crippen LogP contribution in [0.4, 0.5) is 4.39 Å². The van der Waals surface area contributed by atoms with Gasteiger partial charge in [0, 0.05) is 24.0 Å². The normalized spacial score (nSPS) is 16.3. The summed E-state index contributed by atoms with van der Waals surface area (Å²) in [4.78, 5) is 20.3. The molecule has 3 heterocycles. The van der Waals surface area contributed by atoms with Crippen molar-refractivity contribution >= 4 is 42.1 Å². The highest BCUT2D eigenvalue weighted by atomic mass is 35.5. The Morgan fingerprint density at radius 2 is 2.30 bits per heavy atom. The molecule has 0 spiro atoms. The Balaban J connectivity index is 0.00000132. The number of halogens is 3. The standard InChI is InChI=1S/C14H15FN4OS.2ClH/c15-10-2-1-4-17-11(10)7-18-13(20)12-8-21-14(19-12)9-3-5-16-6-9;;/h1-2,4,8-9,16H,3,5-7H2,(H,18,20);2*1H. The summed E-state index contributed by atoms with van der Waals surface area (Å²) in [5.41, 5.74) is 0.611. The molecule has 2 aromatic heterocycles. The van der Waals surface area contributed by atoms with Gasteiger partial charge in [0.1, 0.15) is 11.5 Å². The second kappa shape index (κ2) is 9.12. The maximum absolute atomic E-state index is 13.4. The maximum atomic E-state index is 13.4. The average molecular weight is 379 g/mol.